The topological polar surface area (TPSA) is 29.5 Å². The number of likely N-dealkylation sites (tertiary alicyclic amines) is 1. The van der Waals surface area contributed by atoms with Gasteiger partial charge in [0, 0.05) is 13.7 Å². The molecule has 0 spiro atoms. The molecule has 12 heavy (non-hydrogen) atoms. The molecular formula is C8H16NO2P. The van der Waals surface area contributed by atoms with Crippen molar-refractivity contribution in [3.63, 3.8) is 0 Å². The Morgan fingerprint density at radius 2 is 2.25 bits per heavy atom. The van der Waals surface area contributed by atoms with E-state index in [4.69, 9.17) is 4.74 Å². The molecule has 3 nitrogen and oxygen atoms in total. The number of methoxy groups -OCH3 is 1. The zero-order valence-corrected chi connectivity index (χ0v) is 8.99. The van der Waals surface area contributed by atoms with Gasteiger partial charge in [-0.3, -0.25) is 4.79 Å². The van der Waals surface area contributed by atoms with E-state index in [0.717, 1.165) is 13.0 Å². The van der Waals surface area contributed by atoms with Crippen LogP contribution in [-0.2, 0) is 9.53 Å². The maximum absolute atomic E-state index is 11.5. The van der Waals surface area contributed by atoms with Crippen molar-refractivity contribution in [1.82, 2.24) is 4.90 Å². The van der Waals surface area contributed by atoms with Crippen LogP contribution in [-0.4, -0.2) is 35.8 Å². The Hall–Kier alpha value is -0.140. The molecule has 2 unspecified atom stereocenters. The fourth-order valence-corrected chi connectivity index (χ4v) is 1.68. The van der Waals surface area contributed by atoms with Crippen LogP contribution < -0.4 is 0 Å². The quantitative estimate of drug-likeness (QED) is 0.602. The van der Waals surface area contributed by atoms with Gasteiger partial charge < -0.3 is 9.64 Å². The third-order valence-corrected chi connectivity index (χ3v) is 3.01. The van der Waals surface area contributed by atoms with Crippen molar-refractivity contribution < 1.29 is 9.53 Å². The molecule has 0 saturated carbocycles. The highest BCUT2D eigenvalue weighted by molar-refractivity contribution is 7.19. The summed E-state index contributed by atoms with van der Waals surface area (Å²) in [5, 5.41) is 0. The molecule has 0 radical (unpaired) electrons. The van der Waals surface area contributed by atoms with Gasteiger partial charge in [0.1, 0.15) is 5.72 Å². The number of hydrogen-bond donors (Lipinski definition) is 0. The molecule has 4 heteroatoms. The van der Waals surface area contributed by atoms with Crippen LogP contribution in [0.2, 0.25) is 0 Å². The first-order chi connectivity index (χ1) is 5.49. The van der Waals surface area contributed by atoms with E-state index in [0.29, 0.717) is 0 Å². The smallest absolute Gasteiger partial charge is 0.231 e. The first-order valence-electron chi connectivity index (χ1n) is 4.11. The molecule has 2 atom stereocenters. The molecule has 0 aromatic heterocycles. The van der Waals surface area contributed by atoms with E-state index in [9.17, 15) is 4.79 Å². The third kappa shape index (κ3) is 1.62. The number of ether oxygens (including phenoxy) is 1. The van der Waals surface area contributed by atoms with Crippen LogP contribution in [0.1, 0.15) is 20.3 Å². The van der Waals surface area contributed by atoms with Gasteiger partial charge in [0.2, 0.25) is 5.91 Å². The summed E-state index contributed by atoms with van der Waals surface area (Å²) in [6.45, 7) is 4.62. The van der Waals surface area contributed by atoms with Crippen molar-refractivity contribution in [2.24, 2.45) is 0 Å². The van der Waals surface area contributed by atoms with Crippen LogP contribution in [0.15, 0.2) is 0 Å². The molecule has 1 aliphatic rings. The molecule has 1 saturated heterocycles. The molecule has 0 N–H and O–H groups in total. The van der Waals surface area contributed by atoms with Crippen molar-refractivity contribution >= 4 is 15.1 Å². The van der Waals surface area contributed by atoms with Gasteiger partial charge in [-0.15, -0.1) is 9.24 Å². The summed E-state index contributed by atoms with van der Waals surface area (Å²) in [6.07, 6.45) is 0.913. The molecule has 0 bridgehead atoms. The zero-order chi connectivity index (χ0) is 9.35. The van der Waals surface area contributed by atoms with Crippen LogP contribution in [0.3, 0.4) is 0 Å². The first kappa shape index (κ1) is 9.94. The fourth-order valence-electron chi connectivity index (χ4n) is 1.35. The van der Waals surface area contributed by atoms with Crippen LogP contribution in [0.25, 0.3) is 0 Å². The molecule has 1 fully saturated rings. The first-order valence-corrected chi connectivity index (χ1v) is 4.78. The summed E-state index contributed by atoms with van der Waals surface area (Å²) in [5.74, 6) is 0.173. The SMILES string of the molecule is COC(C)(C)N1CCC(P)C1=O. The second-order valence-electron chi connectivity index (χ2n) is 3.54. The average molecular weight is 189 g/mol. The normalized spacial score (nSPS) is 25.2. The minimum absolute atomic E-state index is 0.0828. The molecule has 0 aromatic rings. The lowest BCUT2D eigenvalue weighted by Crippen LogP contribution is -2.47. The van der Waals surface area contributed by atoms with Crippen molar-refractivity contribution in [3.05, 3.63) is 0 Å². The van der Waals surface area contributed by atoms with Gasteiger partial charge in [0.05, 0.1) is 5.66 Å². The minimum atomic E-state index is -0.456. The zero-order valence-electron chi connectivity index (χ0n) is 7.83. The number of hydrogen-bond acceptors (Lipinski definition) is 2. The lowest BCUT2D eigenvalue weighted by atomic mass is 10.2. The molecule has 70 valence electrons. The maximum Gasteiger partial charge on any atom is 0.231 e. The highest BCUT2D eigenvalue weighted by Crippen LogP contribution is 2.26. The van der Waals surface area contributed by atoms with Gasteiger partial charge in [-0.1, -0.05) is 0 Å². The van der Waals surface area contributed by atoms with Gasteiger partial charge in [-0.05, 0) is 20.3 Å². The minimum Gasteiger partial charge on any atom is -0.359 e. The molecule has 1 aliphatic heterocycles. The van der Waals surface area contributed by atoms with Gasteiger partial charge in [0.15, 0.2) is 0 Å². The van der Waals surface area contributed by atoms with Gasteiger partial charge in [-0.2, -0.15) is 0 Å². The fraction of sp³-hybridized carbons (Fsp3) is 0.875. The van der Waals surface area contributed by atoms with Crippen molar-refractivity contribution in [1.29, 1.82) is 0 Å². The van der Waals surface area contributed by atoms with E-state index in [1.165, 1.54) is 0 Å². The molecule has 0 aliphatic carbocycles. The molecule has 1 amide bonds. The van der Waals surface area contributed by atoms with Gasteiger partial charge in [-0.25, -0.2) is 0 Å². The summed E-state index contributed by atoms with van der Waals surface area (Å²) in [4.78, 5) is 13.3. The monoisotopic (exact) mass is 189 g/mol. The maximum atomic E-state index is 11.5. The Morgan fingerprint density at radius 1 is 1.67 bits per heavy atom. The van der Waals surface area contributed by atoms with Crippen molar-refractivity contribution in [2.45, 2.75) is 31.7 Å². The summed E-state index contributed by atoms with van der Waals surface area (Å²) < 4.78 is 5.24. The lowest BCUT2D eigenvalue weighted by molar-refractivity contribution is -0.152. The van der Waals surface area contributed by atoms with E-state index in [-0.39, 0.29) is 11.6 Å². The third-order valence-electron chi connectivity index (χ3n) is 2.40. The van der Waals surface area contributed by atoms with Crippen LogP contribution in [0.5, 0.6) is 0 Å². The Bertz CT molecular complexity index is 193. The number of carbonyl (C=O) groups is 1. The Balaban J connectivity index is 2.71. The number of amides is 1. The largest absolute Gasteiger partial charge is 0.359 e. The Morgan fingerprint density at radius 3 is 2.58 bits per heavy atom. The molecule has 1 heterocycles. The molecule has 1 rings (SSSR count). The predicted octanol–water partition coefficient (Wildman–Crippen LogP) is 0.845. The average Bonchev–Trinajstić information content (AvgIpc) is 2.33. The van der Waals surface area contributed by atoms with E-state index in [1.54, 1.807) is 12.0 Å². The van der Waals surface area contributed by atoms with Crippen LogP contribution >= 0.6 is 9.24 Å². The summed E-state index contributed by atoms with van der Waals surface area (Å²) in [5.41, 5.74) is -0.373. The van der Waals surface area contributed by atoms with Crippen LogP contribution in [0, 0.1) is 0 Å². The number of nitrogens with zero attached hydrogens (tertiary/aromatic N) is 1. The molecule has 0 aromatic carbocycles. The molecular weight excluding hydrogens is 173 g/mol. The summed E-state index contributed by atoms with van der Waals surface area (Å²) >= 11 is 0. The predicted molar refractivity (Wildman–Crippen MR) is 50.9 cm³/mol. The van der Waals surface area contributed by atoms with E-state index >= 15 is 0 Å². The number of carbonyl (C=O) groups excluding carboxylic acids is 1. The standard InChI is InChI=1S/C8H16NO2P/c1-8(2,11-3)9-5-4-6(12)7(9)10/h6H,4-5,12H2,1-3H3. The second kappa shape index (κ2) is 3.31. The summed E-state index contributed by atoms with van der Waals surface area (Å²) in [7, 11) is 4.20. The van der Waals surface area contributed by atoms with Crippen molar-refractivity contribution in [2.75, 3.05) is 13.7 Å². The Kier molecular flexibility index (Phi) is 2.74. The Labute approximate surface area is 75.7 Å². The van der Waals surface area contributed by atoms with Gasteiger partial charge >= 0.3 is 0 Å². The lowest BCUT2D eigenvalue weighted by Gasteiger charge is -2.34. The number of rotatable bonds is 2. The highest BCUT2D eigenvalue weighted by Gasteiger charge is 2.37. The van der Waals surface area contributed by atoms with E-state index < -0.39 is 5.72 Å². The van der Waals surface area contributed by atoms with Gasteiger partial charge in [0.25, 0.3) is 0 Å². The van der Waals surface area contributed by atoms with E-state index in [2.05, 4.69) is 9.24 Å². The van der Waals surface area contributed by atoms with Crippen molar-refractivity contribution in [3.8, 4) is 0 Å². The summed E-state index contributed by atoms with van der Waals surface area (Å²) in [6, 6.07) is 0. The highest BCUT2D eigenvalue weighted by atomic mass is 31.0. The second-order valence-corrected chi connectivity index (χ2v) is 4.34. The van der Waals surface area contributed by atoms with Crippen LogP contribution in [0.4, 0.5) is 0 Å². The van der Waals surface area contributed by atoms with E-state index in [1.807, 2.05) is 13.8 Å².